The predicted molar refractivity (Wildman–Crippen MR) is 143 cm³/mol. The van der Waals surface area contributed by atoms with Gasteiger partial charge in [0.05, 0.1) is 15.6 Å². The summed E-state index contributed by atoms with van der Waals surface area (Å²) >= 11 is 12.4. The quantitative estimate of drug-likeness (QED) is 0.397. The van der Waals surface area contributed by atoms with Gasteiger partial charge in [-0.05, 0) is 48.4 Å². The van der Waals surface area contributed by atoms with Gasteiger partial charge >= 0.3 is 0 Å². The summed E-state index contributed by atoms with van der Waals surface area (Å²) in [5.41, 5.74) is 0.904. The second kappa shape index (κ2) is 12.3. The van der Waals surface area contributed by atoms with E-state index in [4.69, 9.17) is 23.2 Å². The molecule has 36 heavy (non-hydrogen) atoms. The van der Waals surface area contributed by atoms with Crippen molar-refractivity contribution in [2.24, 2.45) is 0 Å². The van der Waals surface area contributed by atoms with Crippen LogP contribution in [0.2, 0.25) is 10.0 Å². The van der Waals surface area contributed by atoms with Crippen molar-refractivity contribution in [2.45, 2.75) is 30.8 Å². The lowest BCUT2D eigenvalue weighted by molar-refractivity contribution is -0.140. The zero-order valence-electron chi connectivity index (χ0n) is 19.9. The van der Waals surface area contributed by atoms with Gasteiger partial charge < -0.3 is 10.2 Å². The molecule has 0 fully saturated rings. The number of halogens is 2. The van der Waals surface area contributed by atoms with Gasteiger partial charge in [0.25, 0.3) is 10.0 Å². The average Bonchev–Trinajstić information content (AvgIpc) is 2.89. The highest BCUT2D eigenvalue weighted by Crippen LogP contribution is 2.30. The minimum atomic E-state index is -4.16. The van der Waals surface area contributed by atoms with Crippen LogP contribution in [-0.4, -0.2) is 44.8 Å². The topological polar surface area (TPSA) is 86.8 Å². The van der Waals surface area contributed by atoms with Crippen LogP contribution in [-0.2, 0) is 26.2 Å². The maximum absolute atomic E-state index is 13.8. The second-order valence-electron chi connectivity index (χ2n) is 7.96. The van der Waals surface area contributed by atoms with Crippen LogP contribution in [0, 0.1) is 0 Å². The van der Waals surface area contributed by atoms with Crippen molar-refractivity contribution < 1.29 is 18.0 Å². The molecule has 10 heteroatoms. The van der Waals surface area contributed by atoms with Crippen LogP contribution in [0.4, 0.5) is 5.69 Å². The molecule has 0 bridgehead atoms. The van der Waals surface area contributed by atoms with Gasteiger partial charge in [-0.2, -0.15) is 0 Å². The standard InChI is InChI=1S/C26H27Cl2N3O4S/c1-3-23(26(33)29-2)30(17-19-13-15-20(27)16-14-19)25(32)18-31(24-12-8-7-11-22(24)28)36(34,35)21-9-5-4-6-10-21/h4-16,23H,3,17-18H2,1-2H3,(H,29,33)/t23-/m1/s1. The van der Waals surface area contributed by atoms with E-state index in [1.54, 1.807) is 67.6 Å². The van der Waals surface area contributed by atoms with E-state index in [0.717, 1.165) is 9.87 Å². The number of sulfonamides is 1. The minimum absolute atomic E-state index is 0.0142. The lowest BCUT2D eigenvalue weighted by Crippen LogP contribution is -2.51. The fourth-order valence-electron chi connectivity index (χ4n) is 3.76. The number of carbonyl (C=O) groups is 2. The Morgan fingerprint density at radius 1 is 0.917 bits per heavy atom. The smallest absolute Gasteiger partial charge is 0.264 e. The van der Waals surface area contributed by atoms with Crippen LogP contribution >= 0.6 is 23.2 Å². The van der Waals surface area contributed by atoms with Crippen LogP contribution in [0.5, 0.6) is 0 Å². The number of nitrogens with one attached hydrogen (secondary N) is 1. The van der Waals surface area contributed by atoms with Crippen molar-refractivity contribution in [3.05, 3.63) is 94.5 Å². The molecule has 3 aromatic rings. The summed E-state index contributed by atoms with van der Waals surface area (Å²) < 4.78 is 28.3. The summed E-state index contributed by atoms with van der Waals surface area (Å²) in [5.74, 6) is -0.908. The summed E-state index contributed by atoms with van der Waals surface area (Å²) in [7, 11) is -2.67. The molecule has 0 unspecified atom stereocenters. The molecule has 2 amide bonds. The Balaban J connectivity index is 2.05. The number of nitrogens with zero attached hydrogens (tertiary/aromatic N) is 2. The molecule has 0 aromatic heterocycles. The van der Waals surface area contributed by atoms with E-state index < -0.39 is 28.5 Å². The fourth-order valence-corrected chi connectivity index (χ4v) is 5.63. The first-order valence-corrected chi connectivity index (χ1v) is 13.5. The highest BCUT2D eigenvalue weighted by Gasteiger charge is 2.34. The molecule has 0 aliphatic carbocycles. The van der Waals surface area contributed by atoms with Crippen molar-refractivity contribution >= 4 is 50.7 Å². The van der Waals surface area contributed by atoms with Gasteiger partial charge in [0.15, 0.2) is 0 Å². The average molecular weight is 548 g/mol. The third-order valence-corrected chi connectivity index (χ3v) is 7.98. The van der Waals surface area contributed by atoms with E-state index >= 15 is 0 Å². The van der Waals surface area contributed by atoms with Gasteiger partial charge in [-0.3, -0.25) is 13.9 Å². The summed E-state index contributed by atoms with van der Waals surface area (Å²) in [4.78, 5) is 27.9. The normalized spacial score (nSPS) is 12.0. The van der Waals surface area contributed by atoms with Gasteiger partial charge in [-0.25, -0.2) is 8.42 Å². The lowest BCUT2D eigenvalue weighted by atomic mass is 10.1. The SMILES string of the molecule is CC[C@H](C(=O)NC)N(Cc1ccc(Cl)cc1)C(=O)CN(c1ccccc1Cl)S(=O)(=O)c1ccccc1. The number of likely N-dealkylation sites (N-methyl/N-ethyl adjacent to an activating group) is 1. The Morgan fingerprint density at radius 3 is 2.11 bits per heavy atom. The Kier molecular flexibility index (Phi) is 9.37. The molecule has 1 N–H and O–H groups in total. The van der Waals surface area contributed by atoms with Gasteiger partial charge in [0.2, 0.25) is 11.8 Å². The molecule has 1 atom stereocenters. The summed E-state index contributed by atoms with van der Waals surface area (Å²) in [6, 6.07) is 20.3. The molecule has 0 radical (unpaired) electrons. The maximum Gasteiger partial charge on any atom is 0.264 e. The maximum atomic E-state index is 13.8. The second-order valence-corrected chi connectivity index (χ2v) is 10.7. The molecule has 190 valence electrons. The number of amides is 2. The highest BCUT2D eigenvalue weighted by atomic mass is 35.5. The third-order valence-electron chi connectivity index (χ3n) is 5.63. The monoisotopic (exact) mass is 547 g/mol. The molecule has 0 spiro atoms. The van der Waals surface area contributed by atoms with Crippen LogP contribution in [0.3, 0.4) is 0 Å². The Labute approximate surface area is 221 Å². The number of carbonyl (C=O) groups excluding carboxylic acids is 2. The molecule has 3 rings (SSSR count). The minimum Gasteiger partial charge on any atom is -0.357 e. The van der Waals surface area contributed by atoms with Crippen molar-refractivity contribution in [1.29, 1.82) is 0 Å². The number of benzene rings is 3. The van der Waals surface area contributed by atoms with Crippen molar-refractivity contribution in [3.8, 4) is 0 Å². The Morgan fingerprint density at radius 2 is 1.53 bits per heavy atom. The zero-order chi connectivity index (χ0) is 26.3. The first kappa shape index (κ1) is 27.5. The molecule has 3 aromatic carbocycles. The molecule has 0 saturated heterocycles. The van der Waals surface area contributed by atoms with Crippen LogP contribution in [0.1, 0.15) is 18.9 Å². The van der Waals surface area contributed by atoms with E-state index in [-0.39, 0.29) is 28.1 Å². The van der Waals surface area contributed by atoms with Crippen LogP contribution in [0.25, 0.3) is 0 Å². The van der Waals surface area contributed by atoms with Gasteiger partial charge in [-0.15, -0.1) is 0 Å². The highest BCUT2D eigenvalue weighted by molar-refractivity contribution is 7.92. The predicted octanol–water partition coefficient (Wildman–Crippen LogP) is 4.74. The first-order valence-electron chi connectivity index (χ1n) is 11.3. The van der Waals surface area contributed by atoms with E-state index in [2.05, 4.69) is 5.32 Å². The molecular weight excluding hydrogens is 521 g/mol. The van der Waals surface area contributed by atoms with E-state index in [1.165, 1.54) is 30.1 Å². The first-order chi connectivity index (χ1) is 17.2. The van der Waals surface area contributed by atoms with Gasteiger partial charge in [0.1, 0.15) is 12.6 Å². The lowest BCUT2D eigenvalue weighted by Gasteiger charge is -2.33. The number of hydrogen-bond donors (Lipinski definition) is 1. The molecule has 0 heterocycles. The van der Waals surface area contributed by atoms with Gasteiger partial charge in [-0.1, -0.05) is 72.6 Å². The van der Waals surface area contributed by atoms with Crippen LogP contribution in [0.15, 0.2) is 83.8 Å². The Bertz CT molecular complexity index is 1300. The number of rotatable bonds is 10. The van der Waals surface area contributed by atoms with Crippen molar-refractivity contribution in [3.63, 3.8) is 0 Å². The fraction of sp³-hybridized carbons (Fsp3) is 0.231. The zero-order valence-corrected chi connectivity index (χ0v) is 22.2. The van der Waals surface area contributed by atoms with Crippen LogP contribution < -0.4 is 9.62 Å². The summed E-state index contributed by atoms with van der Waals surface area (Å²) in [6.45, 7) is 1.32. The molecule has 0 aliphatic rings. The van der Waals surface area contributed by atoms with E-state index in [9.17, 15) is 18.0 Å². The third kappa shape index (κ3) is 6.37. The number of anilines is 1. The summed E-state index contributed by atoms with van der Waals surface area (Å²) in [6.07, 6.45) is 0.330. The summed E-state index contributed by atoms with van der Waals surface area (Å²) in [5, 5.41) is 3.30. The number of hydrogen-bond acceptors (Lipinski definition) is 4. The largest absolute Gasteiger partial charge is 0.357 e. The molecule has 0 aliphatic heterocycles. The number of para-hydroxylation sites is 1. The van der Waals surface area contributed by atoms with E-state index in [0.29, 0.717) is 11.4 Å². The molecule has 7 nitrogen and oxygen atoms in total. The van der Waals surface area contributed by atoms with Crippen molar-refractivity contribution in [2.75, 3.05) is 17.9 Å². The molecule has 0 saturated carbocycles. The van der Waals surface area contributed by atoms with Gasteiger partial charge in [0, 0.05) is 18.6 Å². The van der Waals surface area contributed by atoms with Crippen molar-refractivity contribution in [1.82, 2.24) is 10.2 Å². The van der Waals surface area contributed by atoms with E-state index in [1.807, 2.05) is 0 Å². The Hall–Kier alpha value is -3.07. The molecular formula is C26H27Cl2N3O4S.